The summed E-state index contributed by atoms with van der Waals surface area (Å²) < 4.78 is 20.3. The summed E-state index contributed by atoms with van der Waals surface area (Å²) in [7, 11) is 0. The number of carbonyl (C=O) groups is 2. The standard InChI is InChI=1S/C27H20BrFN2O3/c28-20-8-12-24-23(14-20)27(18-5-9-21(29)10-6-18)31(15-25(32)30-24)26(33)16-34-22-11-7-17-3-1-2-4-19(17)13-22/h1-14,27H,15-16H2,(H,30,32). The highest BCUT2D eigenvalue weighted by Crippen LogP contribution is 2.37. The third kappa shape index (κ3) is 4.52. The predicted molar refractivity (Wildman–Crippen MR) is 132 cm³/mol. The summed E-state index contributed by atoms with van der Waals surface area (Å²) in [5.74, 6) is -0.482. The van der Waals surface area contributed by atoms with Gasteiger partial charge < -0.3 is 15.0 Å². The van der Waals surface area contributed by atoms with Crippen LogP contribution in [0.25, 0.3) is 10.8 Å². The Kier molecular flexibility index (Phi) is 6.02. The molecular formula is C27H20BrFN2O3. The number of anilines is 1. The molecule has 0 bridgehead atoms. The van der Waals surface area contributed by atoms with Crippen molar-refractivity contribution in [3.8, 4) is 5.75 Å². The number of rotatable bonds is 4. The summed E-state index contributed by atoms with van der Waals surface area (Å²) in [4.78, 5) is 27.6. The molecule has 0 aliphatic carbocycles. The third-order valence-corrected chi connectivity index (χ3v) is 6.29. The van der Waals surface area contributed by atoms with Crippen LogP contribution in [0.5, 0.6) is 5.75 Å². The average molecular weight is 519 g/mol. The minimum Gasteiger partial charge on any atom is -0.484 e. The number of halogens is 2. The Labute approximate surface area is 204 Å². The van der Waals surface area contributed by atoms with Gasteiger partial charge in [-0.1, -0.05) is 58.4 Å². The van der Waals surface area contributed by atoms with Gasteiger partial charge in [-0.25, -0.2) is 4.39 Å². The highest BCUT2D eigenvalue weighted by molar-refractivity contribution is 9.10. The lowest BCUT2D eigenvalue weighted by molar-refractivity contribution is -0.138. The smallest absolute Gasteiger partial charge is 0.261 e. The number of amides is 2. The van der Waals surface area contributed by atoms with Crippen LogP contribution in [0.1, 0.15) is 17.2 Å². The molecular weight excluding hydrogens is 499 g/mol. The lowest BCUT2D eigenvalue weighted by Gasteiger charge is -2.30. The van der Waals surface area contributed by atoms with E-state index in [9.17, 15) is 14.0 Å². The summed E-state index contributed by atoms with van der Waals surface area (Å²) in [6.45, 7) is -0.402. The van der Waals surface area contributed by atoms with E-state index in [1.165, 1.54) is 17.0 Å². The first-order valence-corrected chi connectivity index (χ1v) is 11.5. The molecule has 170 valence electrons. The zero-order valence-corrected chi connectivity index (χ0v) is 19.6. The SMILES string of the molecule is O=C1CN(C(=O)COc2ccc3ccccc3c2)C(c2ccc(F)cc2)c2cc(Br)ccc2N1. The maximum absolute atomic E-state index is 13.7. The molecule has 1 heterocycles. The van der Waals surface area contributed by atoms with E-state index in [-0.39, 0.29) is 30.8 Å². The Hall–Kier alpha value is -3.71. The normalized spacial score (nSPS) is 15.4. The Morgan fingerprint density at radius 2 is 1.76 bits per heavy atom. The van der Waals surface area contributed by atoms with E-state index in [4.69, 9.17) is 4.74 Å². The molecule has 4 aromatic carbocycles. The van der Waals surface area contributed by atoms with Crippen LogP contribution >= 0.6 is 15.9 Å². The quantitative estimate of drug-likeness (QED) is 0.377. The van der Waals surface area contributed by atoms with Gasteiger partial charge in [0.25, 0.3) is 5.91 Å². The molecule has 2 amide bonds. The van der Waals surface area contributed by atoms with Crippen molar-refractivity contribution in [2.24, 2.45) is 0 Å². The van der Waals surface area contributed by atoms with Crippen molar-refractivity contribution in [1.29, 1.82) is 0 Å². The highest BCUT2D eigenvalue weighted by atomic mass is 79.9. The Bertz CT molecular complexity index is 1390. The number of carbonyl (C=O) groups excluding carboxylic acids is 2. The molecule has 1 atom stereocenters. The molecule has 1 unspecified atom stereocenters. The Balaban J connectivity index is 1.48. The first-order valence-electron chi connectivity index (χ1n) is 10.7. The van der Waals surface area contributed by atoms with Crippen LogP contribution in [0, 0.1) is 5.82 Å². The molecule has 5 rings (SSSR count). The minimum atomic E-state index is -0.597. The first-order chi connectivity index (χ1) is 16.5. The van der Waals surface area contributed by atoms with Crippen LogP contribution in [0.15, 0.2) is 89.4 Å². The number of nitrogens with one attached hydrogen (secondary N) is 1. The zero-order valence-electron chi connectivity index (χ0n) is 18.0. The molecule has 0 radical (unpaired) electrons. The van der Waals surface area contributed by atoms with E-state index in [0.29, 0.717) is 17.0 Å². The van der Waals surface area contributed by atoms with Gasteiger partial charge in [-0.3, -0.25) is 9.59 Å². The van der Waals surface area contributed by atoms with Gasteiger partial charge in [0.05, 0.1) is 6.04 Å². The lowest BCUT2D eigenvalue weighted by Crippen LogP contribution is -2.41. The van der Waals surface area contributed by atoms with E-state index in [1.54, 1.807) is 18.2 Å². The zero-order chi connectivity index (χ0) is 23.7. The molecule has 7 heteroatoms. The fraction of sp³-hybridized carbons (Fsp3) is 0.111. The summed E-state index contributed by atoms with van der Waals surface area (Å²) in [6, 6.07) is 24.3. The Morgan fingerprint density at radius 1 is 1.00 bits per heavy atom. The molecule has 0 saturated carbocycles. The monoisotopic (exact) mass is 518 g/mol. The van der Waals surface area contributed by atoms with Gasteiger partial charge in [0.2, 0.25) is 5.91 Å². The van der Waals surface area contributed by atoms with Crippen LogP contribution in [-0.4, -0.2) is 29.9 Å². The van der Waals surface area contributed by atoms with Crippen molar-refractivity contribution in [1.82, 2.24) is 4.90 Å². The summed E-state index contributed by atoms with van der Waals surface area (Å²) >= 11 is 3.48. The van der Waals surface area contributed by atoms with Gasteiger partial charge in [0.1, 0.15) is 18.1 Å². The van der Waals surface area contributed by atoms with Gasteiger partial charge in [-0.15, -0.1) is 0 Å². The summed E-state index contributed by atoms with van der Waals surface area (Å²) in [5, 5.41) is 4.95. The van der Waals surface area contributed by atoms with Crippen molar-refractivity contribution in [2.75, 3.05) is 18.5 Å². The maximum atomic E-state index is 13.7. The number of hydrogen-bond donors (Lipinski definition) is 1. The molecule has 34 heavy (non-hydrogen) atoms. The molecule has 4 aromatic rings. The summed E-state index contributed by atoms with van der Waals surface area (Å²) in [6.07, 6.45) is 0. The molecule has 1 aliphatic heterocycles. The van der Waals surface area contributed by atoms with E-state index in [0.717, 1.165) is 20.8 Å². The van der Waals surface area contributed by atoms with Crippen LogP contribution in [-0.2, 0) is 9.59 Å². The second-order valence-electron chi connectivity index (χ2n) is 8.05. The maximum Gasteiger partial charge on any atom is 0.261 e. The summed E-state index contributed by atoms with van der Waals surface area (Å²) in [5.41, 5.74) is 2.02. The van der Waals surface area contributed by atoms with E-state index in [2.05, 4.69) is 21.2 Å². The van der Waals surface area contributed by atoms with E-state index < -0.39 is 6.04 Å². The fourth-order valence-corrected chi connectivity index (χ4v) is 4.58. The molecule has 0 spiro atoms. The van der Waals surface area contributed by atoms with Crippen molar-refractivity contribution in [3.05, 3.63) is 106 Å². The molecule has 5 nitrogen and oxygen atoms in total. The number of ether oxygens (including phenoxy) is 1. The van der Waals surface area contributed by atoms with Gasteiger partial charge in [0.15, 0.2) is 6.61 Å². The van der Waals surface area contributed by atoms with Crippen molar-refractivity contribution in [3.63, 3.8) is 0 Å². The molecule has 1 N–H and O–H groups in total. The minimum absolute atomic E-state index is 0.158. The van der Waals surface area contributed by atoms with Gasteiger partial charge in [-0.2, -0.15) is 0 Å². The second-order valence-corrected chi connectivity index (χ2v) is 8.97. The molecule has 0 saturated heterocycles. The van der Waals surface area contributed by atoms with Gasteiger partial charge in [0, 0.05) is 15.7 Å². The average Bonchev–Trinajstić information content (AvgIpc) is 2.98. The highest BCUT2D eigenvalue weighted by Gasteiger charge is 2.33. The van der Waals surface area contributed by atoms with E-state index in [1.807, 2.05) is 54.6 Å². The lowest BCUT2D eigenvalue weighted by atomic mass is 9.96. The largest absolute Gasteiger partial charge is 0.484 e. The van der Waals surface area contributed by atoms with Gasteiger partial charge >= 0.3 is 0 Å². The fourth-order valence-electron chi connectivity index (χ4n) is 4.20. The Morgan fingerprint density at radius 3 is 2.56 bits per heavy atom. The number of benzene rings is 4. The van der Waals surface area contributed by atoms with Crippen molar-refractivity contribution in [2.45, 2.75) is 6.04 Å². The van der Waals surface area contributed by atoms with Crippen LogP contribution in [0.4, 0.5) is 10.1 Å². The topological polar surface area (TPSA) is 58.6 Å². The number of hydrogen-bond acceptors (Lipinski definition) is 3. The predicted octanol–water partition coefficient (Wildman–Crippen LogP) is 5.69. The van der Waals surface area contributed by atoms with Crippen molar-refractivity contribution >= 4 is 44.2 Å². The van der Waals surface area contributed by atoms with Crippen LogP contribution in [0.3, 0.4) is 0 Å². The number of fused-ring (bicyclic) bond motifs is 2. The second kappa shape index (κ2) is 9.27. The van der Waals surface area contributed by atoms with Crippen molar-refractivity contribution < 1.29 is 18.7 Å². The van der Waals surface area contributed by atoms with Crippen LogP contribution < -0.4 is 10.1 Å². The van der Waals surface area contributed by atoms with Gasteiger partial charge in [-0.05, 0) is 58.8 Å². The van der Waals surface area contributed by atoms with E-state index >= 15 is 0 Å². The first kappa shape index (κ1) is 22.1. The number of nitrogens with zero attached hydrogens (tertiary/aromatic N) is 1. The molecule has 0 fully saturated rings. The molecule has 1 aliphatic rings. The third-order valence-electron chi connectivity index (χ3n) is 5.80. The van der Waals surface area contributed by atoms with Crippen LogP contribution in [0.2, 0.25) is 0 Å². The molecule has 0 aromatic heterocycles.